The molecule has 2 aromatic carbocycles. The van der Waals surface area contributed by atoms with Gasteiger partial charge in [0.15, 0.2) is 5.78 Å². The van der Waals surface area contributed by atoms with E-state index in [1.807, 2.05) is 50.2 Å². The lowest BCUT2D eigenvalue weighted by Gasteiger charge is -2.23. The van der Waals surface area contributed by atoms with Crippen molar-refractivity contribution in [1.29, 1.82) is 5.41 Å². The largest absolute Gasteiger partial charge is 0.494 e. The predicted molar refractivity (Wildman–Crippen MR) is 149 cm³/mol. The van der Waals surface area contributed by atoms with Crippen LogP contribution in [0.15, 0.2) is 24.3 Å². The molecule has 3 rings (SSSR count). The van der Waals surface area contributed by atoms with E-state index >= 15 is 0 Å². The van der Waals surface area contributed by atoms with Crippen molar-refractivity contribution in [1.82, 2.24) is 10.2 Å². The van der Waals surface area contributed by atoms with Crippen molar-refractivity contribution in [3.8, 4) is 11.5 Å². The first kappa shape index (κ1) is 29.2. The highest BCUT2D eigenvalue weighted by Crippen LogP contribution is 2.37. The number of nitrogens with zero attached hydrogens (tertiary/aromatic N) is 2. The number of fused-ring (bicyclic) bond motifs is 1. The number of ether oxygens (including phenoxy) is 2. The summed E-state index contributed by atoms with van der Waals surface area (Å²) >= 11 is 0. The van der Waals surface area contributed by atoms with Gasteiger partial charge in [-0.3, -0.25) is 15.0 Å². The van der Waals surface area contributed by atoms with Crippen LogP contribution in [0.25, 0.3) is 0 Å². The SMILES string of the molecule is Br.CCOc1cc2c(cc1CC(=O)NC)C(=N)N(CC(=O)c1cc(C(C)C)c(OC)c(N(C)C)c1)C2. The topological polar surface area (TPSA) is 95.0 Å². The summed E-state index contributed by atoms with van der Waals surface area (Å²) in [4.78, 5) is 29.1. The smallest absolute Gasteiger partial charge is 0.224 e. The Bertz CT molecular complexity index is 1120. The van der Waals surface area contributed by atoms with E-state index in [-0.39, 0.29) is 53.4 Å². The van der Waals surface area contributed by atoms with Gasteiger partial charge in [0.05, 0.1) is 32.4 Å². The van der Waals surface area contributed by atoms with Crippen molar-refractivity contribution in [3.05, 3.63) is 52.1 Å². The Labute approximate surface area is 224 Å². The molecule has 1 amide bonds. The number of nitrogens with one attached hydrogen (secondary N) is 2. The molecule has 0 radical (unpaired) electrons. The zero-order valence-electron chi connectivity index (χ0n) is 22.2. The Morgan fingerprint density at radius 3 is 2.44 bits per heavy atom. The fraction of sp³-hybridized carbons (Fsp3) is 0.444. The van der Waals surface area contributed by atoms with Gasteiger partial charge in [-0.2, -0.15) is 0 Å². The zero-order chi connectivity index (χ0) is 25.9. The van der Waals surface area contributed by atoms with Gasteiger partial charge in [-0.15, -0.1) is 17.0 Å². The highest BCUT2D eigenvalue weighted by molar-refractivity contribution is 8.93. The quantitative estimate of drug-likeness (QED) is 0.423. The molecule has 1 aliphatic heterocycles. The van der Waals surface area contributed by atoms with E-state index in [0.29, 0.717) is 24.5 Å². The van der Waals surface area contributed by atoms with Gasteiger partial charge in [0, 0.05) is 44.4 Å². The predicted octanol–water partition coefficient (Wildman–Crippen LogP) is 4.17. The molecule has 0 saturated carbocycles. The number of Topliss-reactive ketones (excluding diaryl/α,β-unsaturated/α-hetero) is 1. The standard InChI is InChI=1S/C27H36N4O4.BrH/c1-8-35-24-12-19-14-31(27(28)21(19)10-18(24)13-25(33)29-4)15-23(32)17-9-20(16(2)3)26(34-7)22(11-17)30(5)6;/h9-12,16,28H,8,13-15H2,1-7H3,(H,29,33);1H. The third kappa shape index (κ3) is 6.00. The highest BCUT2D eigenvalue weighted by atomic mass is 79.9. The van der Waals surface area contributed by atoms with Crippen LogP contribution >= 0.6 is 17.0 Å². The van der Waals surface area contributed by atoms with Gasteiger partial charge < -0.3 is 24.6 Å². The van der Waals surface area contributed by atoms with E-state index in [2.05, 4.69) is 19.2 Å². The molecule has 0 aliphatic carbocycles. The summed E-state index contributed by atoms with van der Waals surface area (Å²) in [6.07, 6.45) is 0.169. The number of amidine groups is 1. The molecule has 0 atom stereocenters. The minimum Gasteiger partial charge on any atom is -0.494 e. The number of halogens is 1. The summed E-state index contributed by atoms with van der Waals surface area (Å²) in [5, 5.41) is 11.4. The van der Waals surface area contributed by atoms with Crippen molar-refractivity contribution >= 4 is 40.2 Å². The Morgan fingerprint density at radius 1 is 1.19 bits per heavy atom. The van der Waals surface area contributed by atoms with Crippen LogP contribution in [-0.2, 0) is 17.8 Å². The van der Waals surface area contributed by atoms with E-state index in [1.54, 1.807) is 19.1 Å². The number of rotatable bonds is 10. The van der Waals surface area contributed by atoms with E-state index in [1.165, 1.54) is 0 Å². The van der Waals surface area contributed by atoms with Crippen molar-refractivity contribution in [2.24, 2.45) is 0 Å². The fourth-order valence-electron chi connectivity index (χ4n) is 4.34. The molecule has 0 spiro atoms. The van der Waals surface area contributed by atoms with E-state index in [4.69, 9.17) is 14.9 Å². The number of likely N-dealkylation sites (N-methyl/N-ethyl adjacent to an activating group) is 1. The summed E-state index contributed by atoms with van der Waals surface area (Å²) < 4.78 is 11.4. The molecular weight excluding hydrogens is 524 g/mol. The first-order chi connectivity index (χ1) is 16.6. The summed E-state index contributed by atoms with van der Waals surface area (Å²) in [6, 6.07) is 7.50. The fourth-order valence-corrected chi connectivity index (χ4v) is 4.34. The van der Waals surface area contributed by atoms with Crippen LogP contribution in [-0.4, -0.2) is 63.8 Å². The van der Waals surface area contributed by atoms with Crippen LogP contribution in [0.1, 0.15) is 59.3 Å². The van der Waals surface area contributed by atoms with Crippen LogP contribution in [0.4, 0.5) is 5.69 Å². The summed E-state index contributed by atoms with van der Waals surface area (Å²) in [6.45, 7) is 7.04. The van der Waals surface area contributed by atoms with Gasteiger partial charge in [-0.05, 0) is 48.2 Å². The molecular formula is C27H37BrN4O4. The van der Waals surface area contributed by atoms with Crippen LogP contribution in [0.3, 0.4) is 0 Å². The third-order valence-electron chi connectivity index (χ3n) is 6.21. The molecule has 0 unspecified atom stereocenters. The molecule has 196 valence electrons. The van der Waals surface area contributed by atoms with Crippen LogP contribution in [0.2, 0.25) is 0 Å². The molecule has 9 heteroatoms. The van der Waals surface area contributed by atoms with E-state index < -0.39 is 0 Å². The molecule has 36 heavy (non-hydrogen) atoms. The Morgan fingerprint density at radius 2 is 1.89 bits per heavy atom. The average Bonchev–Trinajstić information content (AvgIpc) is 3.12. The molecule has 0 bridgehead atoms. The number of hydrogen-bond acceptors (Lipinski definition) is 6. The average molecular weight is 562 g/mol. The number of methoxy groups -OCH3 is 1. The number of amides is 1. The number of ketones is 1. The molecule has 8 nitrogen and oxygen atoms in total. The van der Waals surface area contributed by atoms with Crippen LogP contribution in [0, 0.1) is 5.41 Å². The van der Waals surface area contributed by atoms with Crippen molar-refractivity contribution < 1.29 is 19.1 Å². The van der Waals surface area contributed by atoms with Crippen molar-refractivity contribution in [2.45, 2.75) is 39.7 Å². The van der Waals surface area contributed by atoms with E-state index in [9.17, 15) is 9.59 Å². The Hall–Kier alpha value is -3.07. The van der Waals surface area contributed by atoms with Gasteiger partial charge in [0.2, 0.25) is 5.91 Å². The number of benzene rings is 2. The minimum atomic E-state index is -0.125. The number of carbonyl (C=O) groups excluding carboxylic acids is 2. The second kappa shape index (κ2) is 12.3. The lowest BCUT2D eigenvalue weighted by atomic mass is 9.96. The van der Waals surface area contributed by atoms with Gasteiger partial charge in [-0.25, -0.2) is 0 Å². The second-order valence-corrected chi connectivity index (χ2v) is 9.19. The maximum atomic E-state index is 13.4. The maximum Gasteiger partial charge on any atom is 0.224 e. The summed E-state index contributed by atoms with van der Waals surface area (Å²) in [5.74, 6) is 1.69. The van der Waals surface area contributed by atoms with E-state index in [0.717, 1.165) is 33.7 Å². The normalized spacial score (nSPS) is 12.2. The lowest BCUT2D eigenvalue weighted by molar-refractivity contribution is -0.119. The zero-order valence-corrected chi connectivity index (χ0v) is 23.9. The van der Waals surface area contributed by atoms with Gasteiger partial charge in [0.25, 0.3) is 0 Å². The monoisotopic (exact) mass is 560 g/mol. The Balaban J connectivity index is 0.00000456. The molecule has 1 heterocycles. The number of anilines is 1. The molecule has 0 saturated heterocycles. The minimum absolute atomic E-state index is 0. The van der Waals surface area contributed by atoms with Crippen molar-refractivity contribution in [2.75, 3.05) is 46.3 Å². The Kier molecular flexibility index (Phi) is 9.93. The number of hydrogen-bond donors (Lipinski definition) is 2. The third-order valence-corrected chi connectivity index (χ3v) is 6.21. The van der Waals surface area contributed by atoms with Crippen molar-refractivity contribution in [3.63, 3.8) is 0 Å². The first-order valence-corrected chi connectivity index (χ1v) is 11.9. The molecule has 2 aromatic rings. The van der Waals surface area contributed by atoms with Crippen LogP contribution in [0.5, 0.6) is 11.5 Å². The first-order valence-electron chi connectivity index (χ1n) is 11.9. The van der Waals surface area contributed by atoms with Gasteiger partial charge in [0.1, 0.15) is 17.3 Å². The molecule has 0 fully saturated rings. The summed E-state index contributed by atoms with van der Waals surface area (Å²) in [5.41, 5.74) is 4.79. The van der Waals surface area contributed by atoms with Gasteiger partial charge in [-0.1, -0.05) is 13.8 Å². The second-order valence-electron chi connectivity index (χ2n) is 9.19. The molecule has 2 N–H and O–H groups in total. The van der Waals surface area contributed by atoms with Crippen LogP contribution < -0.4 is 19.7 Å². The van der Waals surface area contributed by atoms with Gasteiger partial charge >= 0.3 is 0 Å². The summed E-state index contributed by atoms with van der Waals surface area (Å²) in [7, 11) is 7.09. The maximum absolute atomic E-state index is 13.4. The molecule has 0 aromatic heterocycles. The number of carbonyl (C=O) groups is 2. The highest BCUT2D eigenvalue weighted by Gasteiger charge is 2.29. The molecule has 1 aliphatic rings. The lowest BCUT2D eigenvalue weighted by Crippen LogP contribution is -2.30.